The minimum atomic E-state index is -0.303. The topological polar surface area (TPSA) is 109 Å². The number of carbonyl (C=O) groups is 1. The monoisotopic (exact) mass is 930 g/mol. The van der Waals surface area contributed by atoms with Crippen molar-refractivity contribution >= 4 is 47.4 Å². The Labute approximate surface area is 401 Å². The molecule has 1 amide bonds. The van der Waals surface area contributed by atoms with E-state index >= 15 is 0 Å². The highest BCUT2D eigenvalue weighted by Gasteiger charge is 2.26. The largest absolute Gasteiger partial charge is 0.393 e. The Kier molecular flexibility index (Phi) is 18.7. The number of nitrogens with one attached hydrogen (secondary N) is 5. The molecule has 0 radical (unpaired) electrons. The van der Waals surface area contributed by atoms with Crippen molar-refractivity contribution in [2.45, 2.75) is 68.4 Å². The van der Waals surface area contributed by atoms with E-state index in [1.807, 2.05) is 67.6 Å². The van der Waals surface area contributed by atoms with E-state index in [-0.39, 0.29) is 23.9 Å². The van der Waals surface area contributed by atoms with Crippen LogP contribution in [0, 0.1) is 12.7 Å². The van der Waals surface area contributed by atoms with Crippen LogP contribution in [-0.2, 0) is 7.05 Å². The summed E-state index contributed by atoms with van der Waals surface area (Å²) in [7, 11) is 3.60. The van der Waals surface area contributed by atoms with E-state index in [9.17, 15) is 14.3 Å². The van der Waals surface area contributed by atoms with Gasteiger partial charge in [-0.1, -0.05) is 50.8 Å². The molecule has 1 saturated heterocycles. The number of amides is 1. The number of rotatable bonds is 23. The third-order valence-corrected chi connectivity index (χ3v) is 13.7. The number of hydrogen-bond donors (Lipinski definition) is 7. The number of allylic oxidation sites excluding steroid dienone is 4. The number of nitrogens with zero attached hydrogens (tertiary/aromatic N) is 3. The standard InChI is InChI=1S/C53H67FN8O2S2/c1-7-41(58-59-42-23-25-48(49(65)35-42)57-43(26-28-56-29-27-46(63)9-3)36-66-47-16-11-10-12-17-47)22-24-44(8-2)61-30-32-62(33-31-61)45-15-13-14-39(34-45)51-50(53(64)55-5)37(4)60(6)52(51)38-18-20-40(54)21-19-38/h8,10-25,34-35,43,46,56-59,63,65H,2,7,9,26-33,36H2,1,3-6H3,(H,55,64)/b41-22+,44-24+/t43-,46?/m1/s1. The van der Waals surface area contributed by atoms with Gasteiger partial charge >= 0.3 is 0 Å². The van der Waals surface area contributed by atoms with E-state index in [4.69, 9.17) is 12.6 Å². The first-order chi connectivity index (χ1) is 32.0. The van der Waals surface area contributed by atoms with E-state index in [1.165, 1.54) is 17.0 Å². The number of thiol groups is 1. The molecule has 13 heteroatoms. The molecule has 66 heavy (non-hydrogen) atoms. The molecule has 6 rings (SSSR count). The lowest BCUT2D eigenvalue weighted by atomic mass is 9.96. The van der Waals surface area contributed by atoms with Crippen LogP contribution in [0.2, 0.25) is 0 Å². The molecule has 1 fully saturated rings. The molecule has 0 bridgehead atoms. The van der Waals surface area contributed by atoms with Crippen molar-refractivity contribution in [3.05, 3.63) is 150 Å². The number of halogens is 1. The molecule has 0 spiro atoms. The van der Waals surface area contributed by atoms with E-state index in [1.54, 1.807) is 19.2 Å². The molecule has 6 N–H and O–H groups in total. The van der Waals surface area contributed by atoms with Gasteiger partial charge in [-0.3, -0.25) is 4.79 Å². The molecular formula is C53H67FN8O2S2. The number of carbonyl (C=O) groups excluding carboxylic acids is 1. The quantitative estimate of drug-likeness (QED) is 0.0113. The third kappa shape index (κ3) is 13.3. The van der Waals surface area contributed by atoms with Crippen LogP contribution in [0.4, 0.5) is 21.5 Å². The van der Waals surface area contributed by atoms with Crippen molar-refractivity contribution in [1.29, 1.82) is 0 Å². The van der Waals surface area contributed by atoms with Gasteiger partial charge < -0.3 is 46.3 Å². The van der Waals surface area contributed by atoms with Crippen LogP contribution in [0.15, 0.2) is 143 Å². The number of aliphatic hydroxyl groups excluding tert-OH is 1. The molecular weight excluding hydrogens is 864 g/mol. The fraction of sp³-hybridized carbons (Fsp3) is 0.340. The van der Waals surface area contributed by atoms with Crippen molar-refractivity contribution in [3.63, 3.8) is 0 Å². The predicted octanol–water partition coefficient (Wildman–Crippen LogP) is 10.3. The summed E-state index contributed by atoms with van der Waals surface area (Å²) in [5.74, 6) is 0.446. The third-order valence-electron chi connectivity index (χ3n) is 12.2. The Bertz CT molecular complexity index is 2430. The Balaban J connectivity index is 1.07. The fourth-order valence-corrected chi connectivity index (χ4v) is 9.41. The smallest absolute Gasteiger partial charge is 0.253 e. The van der Waals surface area contributed by atoms with Gasteiger partial charge in [-0.05, 0) is 142 Å². The zero-order valence-electron chi connectivity index (χ0n) is 39.0. The zero-order chi connectivity index (χ0) is 47.0. The van der Waals surface area contributed by atoms with Gasteiger partial charge in [0, 0.05) is 95.9 Å². The van der Waals surface area contributed by atoms with Crippen molar-refractivity contribution in [2.24, 2.45) is 7.05 Å². The lowest BCUT2D eigenvalue weighted by Gasteiger charge is -2.38. The van der Waals surface area contributed by atoms with Gasteiger partial charge in [0.2, 0.25) is 0 Å². The van der Waals surface area contributed by atoms with Gasteiger partial charge in [-0.15, -0.1) is 24.4 Å². The number of hydrazine groups is 1. The minimum absolute atomic E-state index is 0.158. The number of thioether (sulfide) groups is 1. The SMILES string of the molecule is C=C/C(=C\C=C(/CC)NNc1ccc(N[C@H](CCNCCC(O)CC)CSc2ccccc2)c(S)c1)N1CCN(c2cccc(-c3c(C(=O)NC)c(C)n(C)c3-c3ccc(F)cc3)c2)CC1. The fourth-order valence-electron chi connectivity index (χ4n) is 8.14. The van der Waals surface area contributed by atoms with Crippen LogP contribution in [-0.4, -0.2) is 84.7 Å². The Morgan fingerprint density at radius 1 is 0.924 bits per heavy atom. The number of benzene rings is 4. The maximum atomic E-state index is 14.0. The predicted molar refractivity (Wildman–Crippen MR) is 278 cm³/mol. The van der Waals surface area contributed by atoms with E-state index in [0.717, 1.165) is 132 Å². The minimum Gasteiger partial charge on any atom is -0.393 e. The average molecular weight is 931 g/mol. The average Bonchev–Trinajstić information content (AvgIpc) is 3.61. The molecule has 2 heterocycles. The molecule has 350 valence electrons. The molecule has 1 unspecified atom stereocenters. The highest BCUT2D eigenvalue weighted by atomic mass is 32.2. The maximum Gasteiger partial charge on any atom is 0.253 e. The molecule has 4 aromatic carbocycles. The highest BCUT2D eigenvalue weighted by Crippen LogP contribution is 2.40. The van der Waals surface area contributed by atoms with E-state index in [0.29, 0.717) is 5.56 Å². The van der Waals surface area contributed by atoms with Gasteiger partial charge in [0.05, 0.1) is 23.0 Å². The molecule has 0 saturated carbocycles. The molecule has 1 aliphatic heterocycles. The number of piperazine rings is 1. The highest BCUT2D eigenvalue weighted by molar-refractivity contribution is 7.99. The Hall–Kier alpha value is -5.60. The van der Waals surface area contributed by atoms with Crippen molar-refractivity contribution < 1.29 is 14.3 Å². The molecule has 2 atom stereocenters. The van der Waals surface area contributed by atoms with Gasteiger partial charge in [-0.2, -0.15) is 0 Å². The van der Waals surface area contributed by atoms with Crippen molar-refractivity contribution in [2.75, 3.05) is 67.7 Å². The summed E-state index contributed by atoms with van der Waals surface area (Å²) in [6.45, 7) is 15.1. The van der Waals surface area contributed by atoms with Crippen molar-refractivity contribution in [3.8, 4) is 22.4 Å². The van der Waals surface area contributed by atoms with Crippen LogP contribution in [0.3, 0.4) is 0 Å². The lowest BCUT2D eigenvalue weighted by Crippen LogP contribution is -2.45. The van der Waals surface area contributed by atoms with Gasteiger partial charge in [0.15, 0.2) is 0 Å². The summed E-state index contributed by atoms with van der Waals surface area (Å²) < 4.78 is 16.0. The summed E-state index contributed by atoms with van der Waals surface area (Å²) >= 11 is 6.73. The van der Waals surface area contributed by atoms with Crippen LogP contribution in [0.25, 0.3) is 22.4 Å². The first-order valence-electron chi connectivity index (χ1n) is 23.0. The molecule has 0 aliphatic carbocycles. The van der Waals surface area contributed by atoms with E-state index < -0.39 is 0 Å². The van der Waals surface area contributed by atoms with E-state index in [2.05, 4.69) is 111 Å². The second kappa shape index (κ2) is 24.8. The molecule has 1 aromatic heterocycles. The van der Waals surface area contributed by atoms with Crippen LogP contribution in [0.5, 0.6) is 0 Å². The van der Waals surface area contributed by atoms with Crippen molar-refractivity contribution in [1.82, 2.24) is 25.5 Å². The first-order valence-corrected chi connectivity index (χ1v) is 24.5. The second-order valence-corrected chi connectivity index (χ2v) is 18.1. The van der Waals surface area contributed by atoms with Gasteiger partial charge in [-0.25, -0.2) is 4.39 Å². The van der Waals surface area contributed by atoms with Crippen LogP contribution in [0.1, 0.15) is 55.6 Å². The molecule has 1 aliphatic rings. The van der Waals surface area contributed by atoms with Crippen LogP contribution < -0.4 is 31.7 Å². The number of anilines is 3. The zero-order valence-corrected chi connectivity index (χ0v) is 40.8. The van der Waals surface area contributed by atoms with Gasteiger partial charge in [0.1, 0.15) is 5.82 Å². The lowest BCUT2D eigenvalue weighted by molar-refractivity contribution is 0.0963. The molecule has 10 nitrogen and oxygen atoms in total. The molecule has 5 aromatic rings. The summed E-state index contributed by atoms with van der Waals surface area (Å²) in [6, 6.07) is 31.7. The summed E-state index contributed by atoms with van der Waals surface area (Å²) in [5, 5.41) is 20.0. The summed E-state index contributed by atoms with van der Waals surface area (Å²) in [6.07, 6.45) is 9.15. The number of hydrogen-bond acceptors (Lipinski definition) is 10. The Morgan fingerprint density at radius 3 is 2.35 bits per heavy atom. The Morgan fingerprint density at radius 2 is 1.67 bits per heavy atom. The number of aromatic nitrogens is 1. The second-order valence-electron chi connectivity index (χ2n) is 16.5. The van der Waals surface area contributed by atoms with Crippen LogP contribution >= 0.6 is 24.4 Å². The number of aliphatic hydroxyl groups is 1. The van der Waals surface area contributed by atoms with Gasteiger partial charge in [0.25, 0.3) is 5.91 Å². The summed E-state index contributed by atoms with van der Waals surface area (Å²) in [5.41, 5.74) is 16.8. The normalized spacial score (nSPS) is 14.2. The first kappa shape index (κ1) is 49.8. The maximum absolute atomic E-state index is 14.0. The summed E-state index contributed by atoms with van der Waals surface area (Å²) in [4.78, 5) is 20.2.